The monoisotopic (exact) mass is 324 g/mol. The van der Waals surface area contributed by atoms with Crippen LogP contribution in [0.1, 0.15) is 4.88 Å². The maximum Gasteiger partial charge on any atom is 0.311 e. The molecule has 0 radical (unpaired) electrons. The van der Waals surface area contributed by atoms with Crippen molar-refractivity contribution in [3.63, 3.8) is 0 Å². The van der Waals surface area contributed by atoms with Gasteiger partial charge in [-0.05, 0) is 17.5 Å². The second-order valence-corrected chi connectivity index (χ2v) is 5.52. The van der Waals surface area contributed by atoms with Crippen LogP contribution in [0.3, 0.4) is 0 Å². The zero-order valence-electron chi connectivity index (χ0n) is 11.7. The van der Waals surface area contributed by atoms with Gasteiger partial charge in [0.25, 0.3) is 5.91 Å². The largest absolute Gasteiger partial charge is 0.477 e. The van der Waals surface area contributed by atoms with Gasteiger partial charge in [-0.25, -0.2) is 4.39 Å². The van der Waals surface area contributed by atoms with Crippen LogP contribution in [0, 0.1) is 15.9 Å². The quantitative estimate of drug-likeness (QED) is 0.605. The third-order valence-corrected chi connectivity index (χ3v) is 3.73. The number of nitro groups is 1. The summed E-state index contributed by atoms with van der Waals surface area (Å²) >= 11 is 1.52. The van der Waals surface area contributed by atoms with E-state index in [4.69, 9.17) is 4.74 Å². The van der Waals surface area contributed by atoms with E-state index >= 15 is 0 Å². The number of carbonyl (C=O) groups is 1. The average molecular weight is 324 g/mol. The smallest absolute Gasteiger partial charge is 0.311 e. The van der Waals surface area contributed by atoms with E-state index < -0.39 is 17.3 Å². The minimum atomic E-state index is -0.686. The second-order valence-electron chi connectivity index (χ2n) is 4.49. The minimum Gasteiger partial charge on any atom is -0.477 e. The van der Waals surface area contributed by atoms with Gasteiger partial charge in [-0.1, -0.05) is 6.07 Å². The number of likely N-dealkylation sites (N-methyl/N-ethyl adjacent to an activating group) is 1. The molecular formula is C14H13FN2O4S. The number of halogens is 1. The van der Waals surface area contributed by atoms with Crippen molar-refractivity contribution in [2.75, 3.05) is 13.7 Å². The Morgan fingerprint density at radius 2 is 2.23 bits per heavy atom. The van der Waals surface area contributed by atoms with Crippen molar-refractivity contribution in [1.29, 1.82) is 0 Å². The van der Waals surface area contributed by atoms with Crippen molar-refractivity contribution >= 4 is 22.9 Å². The highest BCUT2D eigenvalue weighted by molar-refractivity contribution is 7.09. The molecule has 0 saturated carbocycles. The summed E-state index contributed by atoms with van der Waals surface area (Å²) in [4.78, 5) is 24.5. The first kappa shape index (κ1) is 15.9. The number of rotatable bonds is 6. The molecule has 0 aliphatic heterocycles. The third-order valence-electron chi connectivity index (χ3n) is 2.87. The highest BCUT2D eigenvalue weighted by Gasteiger charge is 2.18. The molecule has 2 rings (SSSR count). The maximum absolute atomic E-state index is 13.1. The van der Waals surface area contributed by atoms with Gasteiger partial charge in [0.1, 0.15) is 5.82 Å². The molecule has 8 heteroatoms. The van der Waals surface area contributed by atoms with E-state index in [1.54, 1.807) is 7.05 Å². The third kappa shape index (κ3) is 4.01. The van der Waals surface area contributed by atoms with E-state index in [1.807, 2.05) is 17.5 Å². The van der Waals surface area contributed by atoms with Crippen molar-refractivity contribution in [1.82, 2.24) is 4.90 Å². The zero-order valence-corrected chi connectivity index (χ0v) is 12.5. The van der Waals surface area contributed by atoms with Gasteiger partial charge < -0.3 is 9.64 Å². The molecule has 0 spiro atoms. The predicted molar refractivity (Wildman–Crippen MR) is 79.3 cm³/mol. The number of amides is 1. The summed E-state index contributed by atoms with van der Waals surface area (Å²) in [6, 6.07) is 6.64. The summed E-state index contributed by atoms with van der Waals surface area (Å²) in [6.45, 7) is 0.0251. The Morgan fingerprint density at radius 3 is 2.86 bits per heavy atom. The van der Waals surface area contributed by atoms with Gasteiger partial charge in [0.15, 0.2) is 6.61 Å². The lowest BCUT2D eigenvalue weighted by molar-refractivity contribution is -0.385. The van der Waals surface area contributed by atoms with E-state index in [9.17, 15) is 19.3 Å². The Morgan fingerprint density at radius 1 is 1.45 bits per heavy atom. The molecule has 1 aromatic heterocycles. The molecule has 0 atom stereocenters. The Kier molecular flexibility index (Phi) is 5.05. The van der Waals surface area contributed by atoms with Gasteiger partial charge in [0.2, 0.25) is 5.75 Å². The molecule has 0 aliphatic carbocycles. The number of hydrogen-bond acceptors (Lipinski definition) is 5. The SMILES string of the molecule is CN(Cc1cccs1)C(=O)COc1cc(F)ccc1[N+](=O)[O-]. The molecule has 0 N–H and O–H groups in total. The van der Waals surface area contributed by atoms with E-state index in [1.165, 1.54) is 16.2 Å². The number of benzene rings is 1. The average Bonchev–Trinajstić information content (AvgIpc) is 2.97. The Bertz CT molecular complexity index is 675. The number of nitrogens with zero attached hydrogens (tertiary/aromatic N) is 2. The maximum atomic E-state index is 13.1. The fourth-order valence-corrected chi connectivity index (χ4v) is 2.49. The van der Waals surface area contributed by atoms with Crippen LogP contribution >= 0.6 is 11.3 Å². The second kappa shape index (κ2) is 6.99. The van der Waals surface area contributed by atoms with Gasteiger partial charge in [0, 0.05) is 24.1 Å². The zero-order chi connectivity index (χ0) is 16.1. The van der Waals surface area contributed by atoms with Crippen LogP contribution in [0.2, 0.25) is 0 Å². The van der Waals surface area contributed by atoms with Crippen LogP contribution in [-0.4, -0.2) is 29.4 Å². The van der Waals surface area contributed by atoms with E-state index in [-0.39, 0.29) is 17.3 Å². The number of nitro benzene ring substituents is 1. The van der Waals surface area contributed by atoms with Gasteiger partial charge in [-0.15, -0.1) is 11.3 Å². The molecule has 0 bridgehead atoms. The first-order chi connectivity index (χ1) is 10.5. The van der Waals surface area contributed by atoms with E-state index in [0.717, 1.165) is 23.1 Å². The highest BCUT2D eigenvalue weighted by atomic mass is 32.1. The Balaban J connectivity index is 1.98. The number of ether oxygens (including phenoxy) is 1. The topological polar surface area (TPSA) is 72.7 Å². The van der Waals surface area contributed by atoms with Crippen LogP contribution in [0.25, 0.3) is 0 Å². The number of hydrogen-bond donors (Lipinski definition) is 0. The molecule has 0 unspecified atom stereocenters. The van der Waals surface area contributed by atoms with Crippen molar-refractivity contribution in [2.24, 2.45) is 0 Å². The lowest BCUT2D eigenvalue weighted by Crippen LogP contribution is -2.30. The number of carbonyl (C=O) groups excluding carboxylic acids is 1. The Labute approximate surface area is 129 Å². The minimum absolute atomic E-state index is 0.261. The fraction of sp³-hybridized carbons (Fsp3) is 0.214. The lowest BCUT2D eigenvalue weighted by Gasteiger charge is -2.16. The van der Waals surface area contributed by atoms with Crippen molar-refractivity contribution in [2.45, 2.75) is 6.54 Å². The van der Waals surface area contributed by atoms with E-state index in [2.05, 4.69) is 0 Å². The van der Waals surface area contributed by atoms with Crippen molar-refractivity contribution in [3.8, 4) is 5.75 Å². The molecule has 6 nitrogen and oxygen atoms in total. The molecular weight excluding hydrogens is 311 g/mol. The van der Waals surface area contributed by atoms with Crippen LogP contribution < -0.4 is 4.74 Å². The standard InChI is InChI=1S/C14H13FN2O4S/c1-16(8-11-3-2-6-22-11)14(18)9-21-13-7-10(15)4-5-12(13)17(19)20/h2-7H,8-9H2,1H3. The summed E-state index contributed by atoms with van der Waals surface area (Å²) in [5.74, 6) is -1.28. The predicted octanol–water partition coefficient (Wildman–Crippen LogP) is 2.83. The Hall–Kier alpha value is -2.48. The molecule has 0 aliphatic rings. The van der Waals surface area contributed by atoms with Crippen molar-refractivity contribution in [3.05, 3.63) is 56.5 Å². The molecule has 2 aromatic rings. The number of thiophene rings is 1. The normalized spacial score (nSPS) is 10.3. The molecule has 1 heterocycles. The molecule has 1 aromatic carbocycles. The fourth-order valence-electron chi connectivity index (χ4n) is 1.73. The summed E-state index contributed by atoms with van der Waals surface area (Å²) in [5, 5.41) is 12.7. The van der Waals surface area contributed by atoms with Crippen LogP contribution in [0.5, 0.6) is 5.75 Å². The molecule has 0 fully saturated rings. The van der Waals surface area contributed by atoms with Gasteiger partial charge in [-0.2, -0.15) is 0 Å². The van der Waals surface area contributed by atoms with Gasteiger partial charge in [0.05, 0.1) is 11.5 Å². The van der Waals surface area contributed by atoms with Gasteiger partial charge in [-0.3, -0.25) is 14.9 Å². The first-order valence-electron chi connectivity index (χ1n) is 6.30. The first-order valence-corrected chi connectivity index (χ1v) is 7.18. The lowest BCUT2D eigenvalue weighted by atomic mass is 10.3. The summed E-state index contributed by atoms with van der Waals surface area (Å²) < 4.78 is 18.3. The van der Waals surface area contributed by atoms with Crippen LogP contribution in [0.15, 0.2) is 35.7 Å². The van der Waals surface area contributed by atoms with E-state index in [0.29, 0.717) is 6.54 Å². The molecule has 0 saturated heterocycles. The molecule has 1 amide bonds. The summed E-state index contributed by atoms with van der Waals surface area (Å²) in [7, 11) is 1.60. The highest BCUT2D eigenvalue weighted by Crippen LogP contribution is 2.27. The molecule has 116 valence electrons. The molecule has 22 heavy (non-hydrogen) atoms. The van der Waals surface area contributed by atoms with Crippen LogP contribution in [-0.2, 0) is 11.3 Å². The summed E-state index contributed by atoms with van der Waals surface area (Å²) in [6.07, 6.45) is 0. The summed E-state index contributed by atoms with van der Waals surface area (Å²) in [5.41, 5.74) is -0.380. The van der Waals surface area contributed by atoms with Crippen molar-refractivity contribution < 1.29 is 18.8 Å². The van der Waals surface area contributed by atoms with Gasteiger partial charge >= 0.3 is 5.69 Å². The van der Waals surface area contributed by atoms with Crippen LogP contribution in [0.4, 0.5) is 10.1 Å².